The molecule has 0 amide bonds. The number of nitrogens with one attached hydrogen (secondary N) is 1. The summed E-state index contributed by atoms with van der Waals surface area (Å²) in [7, 11) is 1.96. The molecule has 0 aliphatic heterocycles. The maximum Gasteiger partial charge on any atom is 0.416 e. The van der Waals surface area contributed by atoms with Crippen molar-refractivity contribution < 1.29 is 13.2 Å². The van der Waals surface area contributed by atoms with Crippen LogP contribution < -0.4 is 5.32 Å². The fraction of sp³-hybridized carbons (Fsp3) is 0.235. The molecule has 0 spiro atoms. The molecule has 0 radical (unpaired) electrons. The van der Waals surface area contributed by atoms with Crippen molar-refractivity contribution in [3.05, 3.63) is 64.9 Å². The van der Waals surface area contributed by atoms with Crippen LogP contribution in [0.3, 0.4) is 0 Å². The van der Waals surface area contributed by atoms with Crippen LogP contribution in [0.1, 0.15) is 16.1 Å². The molecule has 1 aromatic carbocycles. The third-order valence-electron chi connectivity index (χ3n) is 3.66. The molecule has 2 aromatic heterocycles. The summed E-state index contributed by atoms with van der Waals surface area (Å²) in [5.74, 6) is 0. The van der Waals surface area contributed by atoms with Crippen molar-refractivity contribution in [3.63, 3.8) is 0 Å². The second-order valence-electron chi connectivity index (χ2n) is 5.38. The molecule has 0 saturated carbocycles. The molecule has 0 atom stereocenters. The normalized spacial score (nSPS) is 11.8. The van der Waals surface area contributed by atoms with E-state index in [0.29, 0.717) is 6.54 Å². The summed E-state index contributed by atoms with van der Waals surface area (Å²) in [6.07, 6.45) is -0.582. The Kier molecular flexibility index (Phi) is 4.73. The molecule has 0 aliphatic rings. The molecule has 2 heterocycles. The Balaban J connectivity index is 1.64. The average molecular weight is 351 g/mol. The summed E-state index contributed by atoms with van der Waals surface area (Å²) >= 11 is 1.53. The molecule has 3 rings (SSSR count). The van der Waals surface area contributed by atoms with E-state index >= 15 is 0 Å². The van der Waals surface area contributed by atoms with Crippen molar-refractivity contribution in [1.82, 2.24) is 14.9 Å². The first-order valence-corrected chi connectivity index (χ1v) is 8.19. The lowest BCUT2D eigenvalue weighted by molar-refractivity contribution is -0.138. The third-order valence-corrected chi connectivity index (χ3v) is 4.68. The molecular weight excluding hydrogens is 335 g/mol. The lowest BCUT2D eigenvalue weighted by Gasteiger charge is -2.12. The van der Waals surface area contributed by atoms with Crippen LogP contribution in [0.4, 0.5) is 13.2 Å². The molecule has 0 saturated heterocycles. The summed E-state index contributed by atoms with van der Waals surface area (Å²) in [6, 6.07) is 9.58. The number of thiazole rings is 1. The van der Waals surface area contributed by atoms with Gasteiger partial charge in [-0.1, -0.05) is 18.2 Å². The number of hydrogen-bond acceptors (Lipinski definition) is 3. The standard InChI is InChI=1S/C17H16F3N3S/c1-23-8-4-7-14(23)15-10-22-16(24-15)11-21-9-12-5-2-3-6-13(12)17(18,19)20/h2-8,10,21H,9,11H2,1H3. The van der Waals surface area contributed by atoms with Crippen molar-refractivity contribution in [2.24, 2.45) is 7.05 Å². The summed E-state index contributed by atoms with van der Waals surface area (Å²) in [4.78, 5) is 5.37. The smallest absolute Gasteiger partial charge is 0.350 e. The van der Waals surface area contributed by atoms with Crippen molar-refractivity contribution in [1.29, 1.82) is 0 Å². The van der Waals surface area contributed by atoms with Gasteiger partial charge < -0.3 is 9.88 Å². The number of alkyl halides is 3. The van der Waals surface area contributed by atoms with Crippen LogP contribution in [-0.2, 0) is 26.3 Å². The number of aryl methyl sites for hydroxylation is 1. The summed E-state index contributed by atoms with van der Waals surface area (Å²) in [5.41, 5.74) is 0.714. The van der Waals surface area contributed by atoms with Gasteiger partial charge in [0, 0.05) is 32.5 Å². The average Bonchev–Trinajstić information content (AvgIpc) is 3.15. The second kappa shape index (κ2) is 6.78. The lowest BCUT2D eigenvalue weighted by atomic mass is 10.1. The first-order chi connectivity index (χ1) is 11.4. The maximum atomic E-state index is 13.0. The Bertz CT molecular complexity index is 820. The Hall–Kier alpha value is -2.12. The number of aromatic nitrogens is 2. The molecule has 0 fully saturated rings. The van der Waals surface area contributed by atoms with Gasteiger partial charge in [0.15, 0.2) is 0 Å². The van der Waals surface area contributed by atoms with Crippen LogP contribution >= 0.6 is 11.3 Å². The van der Waals surface area contributed by atoms with Crippen LogP contribution in [-0.4, -0.2) is 9.55 Å². The first-order valence-electron chi connectivity index (χ1n) is 7.37. The van der Waals surface area contributed by atoms with Gasteiger partial charge in [-0.15, -0.1) is 11.3 Å². The van der Waals surface area contributed by atoms with E-state index in [-0.39, 0.29) is 12.1 Å². The molecule has 0 unspecified atom stereocenters. The van der Waals surface area contributed by atoms with Gasteiger partial charge in [0.05, 0.1) is 16.1 Å². The summed E-state index contributed by atoms with van der Waals surface area (Å²) < 4.78 is 40.9. The zero-order valence-electron chi connectivity index (χ0n) is 13.0. The van der Waals surface area contributed by atoms with E-state index in [1.54, 1.807) is 12.3 Å². The van der Waals surface area contributed by atoms with Gasteiger partial charge in [-0.25, -0.2) is 4.98 Å². The van der Waals surface area contributed by atoms with E-state index in [4.69, 9.17) is 0 Å². The van der Waals surface area contributed by atoms with Crippen molar-refractivity contribution in [2.75, 3.05) is 0 Å². The predicted molar refractivity (Wildman–Crippen MR) is 88.5 cm³/mol. The highest BCUT2D eigenvalue weighted by Gasteiger charge is 2.32. The topological polar surface area (TPSA) is 29.9 Å². The lowest BCUT2D eigenvalue weighted by Crippen LogP contribution is -2.17. The SMILES string of the molecule is Cn1cccc1-c1cnc(CNCc2ccccc2C(F)(F)F)s1. The van der Waals surface area contributed by atoms with Gasteiger partial charge in [0.25, 0.3) is 0 Å². The largest absolute Gasteiger partial charge is 0.416 e. The highest BCUT2D eigenvalue weighted by molar-refractivity contribution is 7.15. The predicted octanol–water partition coefficient (Wildman–Crippen LogP) is 4.46. The fourth-order valence-electron chi connectivity index (χ4n) is 2.48. The maximum absolute atomic E-state index is 13.0. The van der Waals surface area contributed by atoms with Crippen LogP contribution in [0.15, 0.2) is 48.8 Å². The molecule has 3 nitrogen and oxygen atoms in total. The Morgan fingerprint density at radius 1 is 1.12 bits per heavy atom. The van der Waals surface area contributed by atoms with E-state index in [2.05, 4.69) is 10.3 Å². The van der Waals surface area contributed by atoms with E-state index in [1.165, 1.54) is 23.5 Å². The van der Waals surface area contributed by atoms with E-state index in [1.807, 2.05) is 29.9 Å². The number of rotatable bonds is 5. The number of halogens is 3. The van der Waals surface area contributed by atoms with Crippen LogP contribution in [0.5, 0.6) is 0 Å². The minimum Gasteiger partial charge on any atom is -0.350 e. The molecule has 7 heteroatoms. The molecule has 0 aliphatic carbocycles. The number of benzene rings is 1. The fourth-order valence-corrected chi connectivity index (χ4v) is 3.44. The zero-order valence-corrected chi connectivity index (χ0v) is 13.8. The Morgan fingerprint density at radius 3 is 2.62 bits per heavy atom. The van der Waals surface area contributed by atoms with Crippen molar-refractivity contribution in [2.45, 2.75) is 19.3 Å². The minimum absolute atomic E-state index is 0.148. The minimum atomic E-state index is -4.33. The number of nitrogens with zero attached hydrogens (tertiary/aromatic N) is 2. The van der Waals surface area contributed by atoms with Gasteiger partial charge >= 0.3 is 6.18 Å². The summed E-state index contributed by atoms with van der Waals surface area (Å²) in [6.45, 7) is 0.579. The monoisotopic (exact) mass is 351 g/mol. The molecular formula is C17H16F3N3S. The van der Waals surface area contributed by atoms with Crippen molar-refractivity contribution >= 4 is 11.3 Å². The van der Waals surface area contributed by atoms with E-state index < -0.39 is 11.7 Å². The van der Waals surface area contributed by atoms with Gasteiger partial charge in [-0.3, -0.25) is 0 Å². The summed E-state index contributed by atoms with van der Waals surface area (Å²) in [5, 5.41) is 3.89. The van der Waals surface area contributed by atoms with E-state index in [0.717, 1.165) is 21.6 Å². The van der Waals surface area contributed by atoms with Gasteiger partial charge in [-0.05, 0) is 23.8 Å². The highest BCUT2D eigenvalue weighted by atomic mass is 32.1. The molecule has 126 valence electrons. The Labute approximate surface area is 141 Å². The molecule has 0 bridgehead atoms. The number of hydrogen-bond donors (Lipinski definition) is 1. The molecule has 1 N–H and O–H groups in total. The van der Waals surface area contributed by atoms with Crippen LogP contribution in [0.2, 0.25) is 0 Å². The van der Waals surface area contributed by atoms with Gasteiger partial charge in [0.1, 0.15) is 5.01 Å². The van der Waals surface area contributed by atoms with Crippen LogP contribution in [0, 0.1) is 0 Å². The van der Waals surface area contributed by atoms with Crippen molar-refractivity contribution in [3.8, 4) is 10.6 Å². The zero-order chi connectivity index (χ0) is 17.2. The van der Waals surface area contributed by atoms with E-state index in [9.17, 15) is 13.2 Å². The third kappa shape index (κ3) is 3.68. The van der Waals surface area contributed by atoms with Crippen LogP contribution in [0.25, 0.3) is 10.6 Å². The highest BCUT2D eigenvalue weighted by Crippen LogP contribution is 2.32. The first kappa shape index (κ1) is 16.7. The van der Waals surface area contributed by atoms with Gasteiger partial charge in [0.2, 0.25) is 0 Å². The molecule has 3 aromatic rings. The molecule has 24 heavy (non-hydrogen) atoms. The second-order valence-corrected chi connectivity index (χ2v) is 6.50. The Morgan fingerprint density at radius 2 is 1.92 bits per heavy atom. The quantitative estimate of drug-likeness (QED) is 0.736. The van der Waals surface area contributed by atoms with Gasteiger partial charge in [-0.2, -0.15) is 13.2 Å².